The lowest BCUT2D eigenvalue weighted by Gasteiger charge is -2.06. The predicted octanol–water partition coefficient (Wildman–Crippen LogP) is 3.91. The first-order valence-corrected chi connectivity index (χ1v) is 9.15. The molecule has 3 rings (SSSR count). The highest BCUT2D eigenvalue weighted by atomic mass is 32.2. The molecule has 0 aliphatic carbocycles. The summed E-state index contributed by atoms with van der Waals surface area (Å²) in [5.41, 5.74) is 7.05. The van der Waals surface area contributed by atoms with Crippen LogP contribution in [0.2, 0.25) is 0 Å². The van der Waals surface area contributed by atoms with E-state index in [0.717, 1.165) is 23.0 Å². The Morgan fingerprint density at radius 2 is 1.96 bits per heavy atom. The van der Waals surface area contributed by atoms with Crippen molar-refractivity contribution >= 4 is 35.1 Å². The first-order chi connectivity index (χ1) is 12.2. The second-order valence-corrected chi connectivity index (χ2v) is 6.33. The van der Waals surface area contributed by atoms with Crippen LogP contribution < -0.4 is 10.1 Å². The minimum absolute atomic E-state index is 0.341. The van der Waals surface area contributed by atoms with E-state index in [2.05, 4.69) is 69.3 Å². The number of hydrogen-bond acceptors (Lipinski definition) is 3. The van der Waals surface area contributed by atoms with Gasteiger partial charge in [0.25, 0.3) is 0 Å². The summed E-state index contributed by atoms with van der Waals surface area (Å²) in [5.74, 6) is 0. The lowest BCUT2D eigenvalue weighted by molar-refractivity contribution is 0.247. The average molecular weight is 352 g/mol. The number of fused-ring (bicyclic) bond motifs is 1. The van der Waals surface area contributed by atoms with Gasteiger partial charge < -0.3 is 4.57 Å². The summed E-state index contributed by atoms with van der Waals surface area (Å²) in [6.07, 6.45) is 5.51. The zero-order valence-electron chi connectivity index (χ0n) is 14.2. The van der Waals surface area contributed by atoms with E-state index in [1.165, 1.54) is 23.1 Å². The molecule has 6 heteroatoms. The van der Waals surface area contributed by atoms with Crippen molar-refractivity contribution in [1.82, 2.24) is 14.7 Å². The quantitative estimate of drug-likeness (QED) is 0.415. The van der Waals surface area contributed by atoms with Crippen LogP contribution in [0.4, 0.5) is 4.79 Å². The zero-order chi connectivity index (χ0) is 17.6. The normalized spacial score (nSPS) is 11.1. The van der Waals surface area contributed by atoms with Crippen molar-refractivity contribution < 1.29 is 4.79 Å². The van der Waals surface area contributed by atoms with Gasteiger partial charge in [-0.2, -0.15) is 5.10 Å². The fourth-order valence-corrected chi connectivity index (χ4v) is 2.91. The van der Waals surface area contributed by atoms with Crippen molar-refractivity contribution in [2.45, 2.75) is 13.5 Å². The Balaban J connectivity index is 1.86. The SMILES string of the molecule is CSNC(=O)N/N=C/c1cn(Cc2ccc(C)cc2)c2ccccc12. The Kier molecular flexibility index (Phi) is 5.40. The molecule has 0 radical (unpaired) electrons. The van der Waals surface area contributed by atoms with E-state index in [4.69, 9.17) is 0 Å². The van der Waals surface area contributed by atoms with Gasteiger partial charge in [-0.05, 0) is 18.6 Å². The molecular weight excluding hydrogens is 332 g/mol. The number of nitrogens with one attached hydrogen (secondary N) is 2. The van der Waals surface area contributed by atoms with Crippen molar-refractivity contribution in [2.24, 2.45) is 5.10 Å². The van der Waals surface area contributed by atoms with Crippen LogP contribution in [0, 0.1) is 6.92 Å². The van der Waals surface area contributed by atoms with E-state index >= 15 is 0 Å². The highest BCUT2D eigenvalue weighted by molar-refractivity contribution is 7.97. The third-order valence-corrected chi connectivity index (χ3v) is 4.25. The van der Waals surface area contributed by atoms with Crippen LogP contribution in [-0.4, -0.2) is 23.1 Å². The van der Waals surface area contributed by atoms with Crippen LogP contribution in [0.5, 0.6) is 0 Å². The molecule has 5 nitrogen and oxygen atoms in total. The molecule has 0 aliphatic heterocycles. The van der Waals surface area contributed by atoms with Crippen molar-refractivity contribution in [1.29, 1.82) is 0 Å². The fraction of sp³-hybridized carbons (Fsp3) is 0.158. The summed E-state index contributed by atoms with van der Waals surface area (Å²) in [6, 6.07) is 16.4. The molecular formula is C19H20N4OS. The first kappa shape index (κ1) is 17.1. The van der Waals surface area contributed by atoms with Crippen LogP contribution in [0.15, 0.2) is 59.8 Å². The highest BCUT2D eigenvalue weighted by Crippen LogP contribution is 2.21. The van der Waals surface area contributed by atoms with E-state index in [1.54, 1.807) is 12.5 Å². The molecule has 0 saturated heterocycles. The Morgan fingerprint density at radius 1 is 1.20 bits per heavy atom. The molecule has 0 aliphatic rings. The third-order valence-electron chi connectivity index (χ3n) is 3.86. The molecule has 25 heavy (non-hydrogen) atoms. The standard InChI is InChI=1S/C19H20N4OS/c1-14-7-9-15(10-8-14)12-23-13-16(11-20-21-19(24)22-25-2)17-5-3-4-6-18(17)23/h3-11,13H,12H2,1-2H3,(H2,21,22,24)/b20-11+. The number of aromatic nitrogens is 1. The van der Waals surface area contributed by atoms with E-state index in [-0.39, 0.29) is 6.03 Å². The molecule has 0 atom stereocenters. The Hall–Kier alpha value is -2.73. The van der Waals surface area contributed by atoms with Gasteiger partial charge in [-0.3, -0.25) is 4.72 Å². The monoisotopic (exact) mass is 352 g/mol. The topological polar surface area (TPSA) is 58.4 Å². The first-order valence-electron chi connectivity index (χ1n) is 7.93. The molecule has 0 unspecified atom stereocenters. The van der Waals surface area contributed by atoms with E-state index < -0.39 is 0 Å². The largest absolute Gasteiger partial charge is 0.345 e. The fourth-order valence-electron chi connectivity index (χ4n) is 2.68. The van der Waals surface area contributed by atoms with Crippen LogP contribution in [-0.2, 0) is 6.54 Å². The Morgan fingerprint density at radius 3 is 2.72 bits per heavy atom. The molecule has 128 valence electrons. The molecule has 0 saturated carbocycles. The minimum atomic E-state index is -0.341. The minimum Gasteiger partial charge on any atom is -0.342 e. The number of carbonyl (C=O) groups is 1. The number of hydrazone groups is 1. The van der Waals surface area contributed by atoms with Gasteiger partial charge in [-0.15, -0.1) is 0 Å². The third kappa shape index (κ3) is 4.22. The average Bonchev–Trinajstić information content (AvgIpc) is 2.95. The van der Waals surface area contributed by atoms with Gasteiger partial charge in [0.1, 0.15) is 0 Å². The smallest absolute Gasteiger partial charge is 0.342 e. The molecule has 0 bridgehead atoms. The van der Waals surface area contributed by atoms with E-state index in [1.807, 2.05) is 12.1 Å². The maximum Gasteiger partial charge on any atom is 0.345 e. The van der Waals surface area contributed by atoms with Crippen molar-refractivity contribution in [3.05, 3.63) is 71.4 Å². The molecule has 1 heterocycles. The molecule has 1 aromatic heterocycles. The summed E-state index contributed by atoms with van der Waals surface area (Å²) in [7, 11) is 0. The zero-order valence-corrected chi connectivity index (χ0v) is 15.0. The van der Waals surface area contributed by atoms with Crippen molar-refractivity contribution in [3.8, 4) is 0 Å². The number of urea groups is 1. The van der Waals surface area contributed by atoms with E-state index in [0.29, 0.717) is 0 Å². The second kappa shape index (κ2) is 7.90. The lowest BCUT2D eigenvalue weighted by Crippen LogP contribution is -2.26. The molecule has 0 spiro atoms. The summed E-state index contributed by atoms with van der Waals surface area (Å²) in [4.78, 5) is 11.4. The van der Waals surface area contributed by atoms with Crippen molar-refractivity contribution in [2.75, 3.05) is 6.26 Å². The predicted molar refractivity (Wildman–Crippen MR) is 105 cm³/mol. The number of aryl methyl sites for hydroxylation is 1. The number of nitrogens with zero attached hydrogens (tertiary/aromatic N) is 2. The van der Waals surface area contributed by atoms with Gasteiger partial charge >= 0.3 is 6.03 Å². The molecule has 0 fully saturated rings. The second-order valence-electron chi connectivity index (χ2n) is 5.72. The van der Waals surface area contributed by atoms with Gasteiger partial charge in [0.2, 0.25) is 0 Å². The van der Waals surface area contributed by atoms with Gasteiger partial charge in [0.05, 0.1) is 6.21 Å². The summed E-state index contributed by atoms with van der Waals surface area (Å²) < 4.78 is 4.76. The summed E-state index contributed by atoms with van der Waals surface area (Å²) in [6.45, 7) is 2.87. The number of benzene rings is 2. The van der Waals surface area contributed by atoms with Gasteiger partial charge in [-0.1, -0.05) is 60.0 Å². The van der Waals surface area contributed by atoms with E-state index in [9.17, 15) is 4.79 Å². The molecule has 2 aromatic carbocycles. The maximum atomic E-state index is 11.4. The number of rotatable bonds is 5. The van der Waals surface area contributed by atoms with Gasteiger partial charge in [0, 0.05) is 35.5 Å². The van der Waals surface area contributed by atoms with Crippen molar-refractivity contribution in [3.63, 3.8) is 0 Å². The number of amides is 2. The highest BCUT2D eigenvalue weighted by Gasteiger charge is 2.07. The van der Waals surface area contributed by atoms with Crippen LogP contribution >= 0.6 is 11.9 Å². The maximum absolute atomic E-state index is 11.4. The lowest BCUT2D eigenvalue weighted by atomic mass is 10.1. The van der Waals surface area contributed by atoms with Crippen LogP contribution in [0.25, 0.3) is 10.9 Å². The van der Waals surface area contributed by atoms with Crippen LogP contribution in [0.1, 0.15) is 16.7 Å². The summed E-state index contributed by atoms with van der Waals surface area (Å²) in [5, 5.41) is 5.13. The van der Waals surface area contributed by atoms with Gasteiger partial charge in [-0.25, -0.2) is 10.2 Å². The Labute approximate surface area is 151 Å². The number of hydrogen-bond donors (Lipinski definition) is 2. The number of para-hydroxylation sites is 1. The summed E-state index contributed by atoms with van der Waals surface area (Å²) >= 11 is 1.22. The molecule has 2 N–H and O–H groups in total. The number of carbonyl (C=O) groups excluding carboxylic acids is 1. The Bertz CT molecular complexity index is 899. The molecule has 2 amide bonds. The van der Waals surface area contributed by atoms with Crippen LogP contribution in [0.3, 0.4) is 0 Å². The molecule has 3 aromatic rings. The van der Waals surface area contributed by atoms with Gasteiger partial charge in [0.15, 0.2) is 0 Å².